The molecule has 0 bridgehead atoms. The molecule has 0 aliphatic carbocycles. The van der Waals surface area contributed by atoms with Crippen molar-refractivity contribution in [2.75, 3.05) is 13.2 Å². The number of hydrogen-bond donors (Lipinski definition) is 0. The third-order valence-corrected chi connectivity index (χ3v) is 3.95. The van der Waals surface area contributed by atoms with Gasteiger partial charge in [-0.2, -0.15) is 0 Å². The highest BCUT2D eigenvalue weighted by atomic mass is 19.1. The molecule has 1 aliphatic heterocycles. The summed E-state index contributed by atoms with van der Waals surface area (Å²) in [6, 6.07) is 16.9. The van der Waals surface area contributed by atoms with E-state index in [0.717, 1.165) is 25.0 Å². The largest absolute Gasteiger partial charge is 0.373 e. The van der Waals surface area contributed by atoms with Crippen LogP contribution >= 0.6 is 0 Å². The maximum atomic E-state index is 13.6. The van der Waals surface area contributed by atoms with Crippen molar-refractivity contribution in [1.29, 1.82) is 0 Å². The molecule has 0 radical (unpaired) electrons. The highest BCUT2D eigenvalue weighted by Gasteiger charge is 2.37. The first-order chi connectivity index (χ1) is 10.3. The van der Waals surface area contributed by atoms with Crippen LogP contribution in [0.5, 0.6) is 0 Å². The molecule has 110 valence electrons. The van der Waals surface area contributed by atoms with Gasteiger partial charge in [0.15, 0.2) is 0 Å². The molecule has 0 aromatic heterocycles. The minimum atomic E-state index is -0.382. The third-order valence-electron chi connectivity index (χ3n) is 3.95. The Morgan fingerprint density at radius 1 is 1.05 bits per heavy atom. The molecule has 1 saturated heterocycles. The summed E-state index contributed by atoms with van der Waals surface area (Å²) < 4.78 is 25.4. The van der Waals surface area contributed by atoms with Crippen LogP contribution in [0.4, 0.5) is 4.39 Å². The monoisotopic (exact) mass is 286 g/mol. The SMILES string of the molecule is Fc1ccccc1COCC1(c2ccccc2)CCCO1. The number of halogens is 1. The maximum absolute atomic E-state index is 13.6. The van der Waals surface area contributed by atoms with Crippen LogP contribution in [0.15, 0.2) is 54.6 Å². The maximum Gasteiger partial charge on any atom is 0.128 e. The van der Waals surface area contributed by atoms with Gasteiger partial charge < -0.3 is 9.47 Å². The Hall–Kier alpha value is -1.71. The molecule has 1 aliphatic rings. The van der Waals surface area contributed by atoms with Gasteiger partial charge in [-0.25, -0.2) is 4.39 Å². The van der Waals surface area contributed by atoms with Gasteiger partial charge >= 0.3 is 0 Å². The Morgan fingerprint density at radius 3 is 2.52 bits per heavy atom. The topological polar surface area (TPSA) is 18.5 Å². The predicted molar refractivity (Wildman–Crippen MR) is 79.4 cm³/mol. The fourth-order valence-electron chi connectivity index (χ4n) is 2.81. The Morgan fingerprint density at radius 2 is 1.81 bits per heavy atom. The summed E-state index contributed by atoms with van der Waals surface area (Å²) in [7, 11) is 0. The molecule has 1 atom stereocenters. The summed E-state index contributed by atoms with van der Waals surface area (Å²) in [5.41, 5.74) is 1.33. The lowest BCUT2D eigenvalue weighted by molar-refractivity contribution is -0.0731. The quantitative estimate of drug-likeness (QED) is 0.825. The van der Waals surface area contributed by atoms with E-state index in [-0.39, 0.29) is 18.0 Å². The van der Waals surface area contributed by atoms with Crippen LogP contribution in [0.2, 0.25) is 0 Å². The van der Waals surface area contributed by atoms with Gasteiger partial charge in [0, 0.05) is 12.2 Å². The molecular formula is C18H19FO2. The summed E-state index contributed by atoms with van der Waals surface area (Å²) in [6.45, 7) is 1.47. The second-order valence-electron chi connectivity index (χ2n) is 5.40. The second kappa shape index (κ2) is 6.37. The molecule has 21 heavy (non-hydrogen) atoms. The van der Waals surface area contributed by atoms with E-state index in [1.807, 2.05) is 24.3 Å². The van der Waals surface area contributed by atoms with Crippen LogP contribution in [0.3, 0.4) is 0 Å². The Labute approximate surface area is 124 Å². The second-order valence-corrected chi connectivity index (χ2v) is 5.40. The van der Waals surface area contributed by atoms with E-state index in [2.05, 4.69) is 12.1 Å². The summed E-state index contributed by atoms with van der Waals surface area (Å²) in [5.74, 6) is -0.224. The average molecular weight is 286 g/mol. The van der Waals surface area contributed by atoms with Gasteiger partial charge in [0.2, 0.25) is 0 Å². The van der Waals surface area contributed by atoms with Crippen molar-refractivity contribution >= 4 is 0 Å². The first-order valence-electron chi connectivity index (χ1n) is 7.31. The molecule has 0 N–H and O–H groups in total. The first kappa shape index (κ1) is 14.2. The van der Waals surface area contributed by atoms with Crippen molar-refractivity contribution in [2.45, 2.75) is 25.0 Å². The zero-order chi connectivity index (χ0) is 14.5. The van der Waals surface area contributed by atoms with Crippen molar-refractivity contribution in [3.63, 3.8) is 0 Å². The van der Waals surface area contributed by atoms with E-state index in [4.69, 9.17) is 9.47 Å². The van der Waals surface area contributed by atoms with Crippen LogP contribution in [-0.4, -0.2) is 13.2 Å². The number of rotatable bonds is 5. The number of hydrogen-bond acceptors (Lipinski definition) is 2. The van der Waals surface area contributed by atoms with Crippen LogP contribution in [0, 0.1) is 5.82 Å². The molecule has 3 heteroatoms. The van der Waals surface area contributed by atoms with Crippen molar-refractivity contribution < 1.29 is 13.9 Å². The van der Waals surface area contributed by atoms with Gasteiger partial charge in [-0.15, -0.1) is 0 Å². The number of benzene rings is 2. The van der Waals surface area contributed by atoms with Gasteiger partial charge in [-0.3, -0.25) is 0 Å². The number of ether oxygens (including phenoxy) is 2. The molecule has 2 nitrogen and oxygen atoms in total. The van der Waals surface area contributed by atoms with E-state index in [1.165, 1.54) is 6.07 Å². The Bertz CT molecular complexity index is 577. The lowest BCUT2D eigenvalue weighted by Gasteiger charge is -2.28. The highest BCUT2D eigenvalue weighted by Crippen LogP contribution is 2.36. The normalized spacial score (nSPS) is 21.6. The van der Waals surface area contributed by atoms with Crippen LogP contribution in [0.1, 0.15) is 24.0 Å². The standard InChI is InChI=1S/C18H19FO2/c19-17-10-5-4-7-15(17)13-20-14-18(11-6-12-21-18)16-8-2-1-3-9-16/h1-5,7-10H,6,11-14H2. The summed E-state index contributed by atoms with van der Waals surface area (Å²) in [5, 5.41) is 0. The predicted octanol–water partition coefficient (Wildman–Crippen LogP) is 4.05. The fourth-order valence-corrected chi connectivity index (χ4v) is 2.81. The lowest BCUT2D eigenvalue weighted by Crippen LogP contribution is -2.31. The van der Waals surface area contributed by atoms with Gasteiger partial charge in [-0.05, 0) is 24.5 Å². The van der Waals surface area contributed by atoms with Crippen LogP contribution < -0.4 is 0 Å². The van der Waals surface area contributed by atoms with Gasteiger partial charge in [0.1, 0.15) is 11.4 Å². The zero-order valence-electron chi connectivity index (χ0n) is 11.9. The summed E-state index contributed by atoms with van der Waals surface area (Å²) >= 11 is 0. The minimum Gasteiger partial charge on any atom is -0.373 e. The van der Waals surface area contributed by atoms with Gasteiger partial charge in [0.05, 0.1) is 13.2 Å². The molecule has 2 aromatic rings. The van der Waals surface area contributed by atoms with Crippen LogP contribution in [-0.2, 0) is 21.7 Å². The first-order valence-corrected chi connectivity index (χ1v) is 7.31. The van der Waals surface area contributed by atoms with Crippen molar-refractivity contribution in [2.24, 2.45) is 0 Å². The van der Waals surface area contributed by atoms with Gasteiger partial charge in [0.25, 0.3) is 0 Å². The van der Waals surface area contributed by atoms with E-state index in [9.17, 15) is 4.39 Å². The van der Waals surface area contributed by atoms with E-state index >= 15 is 0 Å². The van der Waals surface area contributed by atoms with Gasteiger partial charge in [-0.1, -0.05) is 48.5 Å². The molecule has 0 saturated carbocycles. The van der Waals surface area contributed by atoms with E-state index in [1.54, 1.807) is 12.1 Å². The molecule has 0 spiro atoms. The lowest BCUT2D eigenvalue weighted by atomic mass is 9.92. The molecule has 1 unspecified atom stereocenters. The zero-order valence-corrected chi connectivity index (χ0v) is 11.9. The van der Waals surface area contributed by atoms with Crippen molar-refractivity contribution in [3.8, 4) is 0 Å². The highest BCUT2D eigenvalue weighted by molar-refractivity contribution is 5.24. The molecule has 1 heterocycles. The minimum absolute atomic E-state index is 0.224. The Balaban J connectivity index is 1.68. The molecule has 2 aromatic carbocycles. The Kier molecular flexibility index (Phi) is 4.32. The van der Waals surface area contributed by atoms with Crippen molar-refractivity contribution in [3.05, 3.63) is 71.5 Å². The van der Waals surface area contributed by atoms with E-state index in [0.29, 0.717) is 12.2 Å². The smallest absolute Gasteiger partial charge is 0.128 e. The summed E-state index contributed by atoms with van der Waals surface area (Å²) in [4.78, 5) is 0. The molecule has 0 amide bonds. The molecule has 1 fully saturated rings. The van der Waals surface area contributed by atoms with Crippen LogP contribution in [0.25, 0.3) is 0 Å². The summed E-state index contributed by atoms with van der Waals surface area (Å²) in [6.07, 6.45) is 1.96. The average Bonchev–Trinajstić information content (AvgIpc) is 3.00. The molecule has 3 rings (SSSR count). The van der Waals surface area contributed by atoms with Crippen molar-refractivity contribution in [1.82, 2.24) is 0 Å². The van der Waals surface area contributed by atoms with E-state index < -0.39 is 0 Å². The fraction of sp³-hybridized carbons (Fsp3) is 0.333. The molecular weight excluding hydrogens is 267 g/mol. The third kappa shape index (κ3) is 3.14.